The third kappa shape index (κ3) is 2.83. The molecule has 5 rings (SSSR count). The van der Waals surface area contributed by atoms with Gasteiger partial charge in [-0.05, 0) is 42.0 Å². The highest BCUT2D eigenvalue weighted by Crippen LogP contribution is 2.30. The molecule has 0 aliphatic rings. The predicted molar refractivity (Wildman–Crippen MR) is 112 cm³/mol. The lowest BCUT2D eigenvalue weighted by Gasteiger charge is -2.12. The van der Waals surface area contributed by atoms with Gasteiger partial charge in [-0.15, -0.1) is 10.2 Å². The van der Waals surface area contributed by atoms with E-state index >= 15 is 0 Å². The lowest BCUT2D eigenvalue weighted by Crippen LogP contribution is -2.24. The van der Waals surface area contributed by atoms with Gasteiger partial charge in [0.25, 0.3) is 5.56 Å². The van der Waals surface area contributed by atoms with Crippen molar-refractivity contribution in [2.24, 2.45) is 0 Å². The van der Waals surface area contributed by atoms with E-state index in [2.05, 4.69) is 10.2 Å². The summed E-state index contributed by atoms with van der Waals surface area (Å²) in [5.41, 5.74) is 2.09. The molecule has 0 unspecified atom stereocenters. The Bertz CT molecular complexity index is 1440. The molecule has 5 aromatic rings. The third-order valence-electron chi connectivity index (χ3n) is 5.11. The number of rotatable bonds is 4. The summed E-state index contributed by atoms with van der Waals surface area (Å²) in [4.78, 5) is 13.3. The molecule has 30 heavy (non-hydrogen) atoms. The maximum atomic E-state index is 13.3. The van der Waals surface area contributed by atoms with Crippen LogP contribution in [0.25, 0.3) is 28.1 Å². The molecule has 0 saturated heterocycles. The van der Waals surface area contributed by atoms with E-state index in [0.29, 0.717) is 28.3 Å². The van der Waals surface area contributed by atoms with Crippen LogP contribution in [0.3, 0.4) is 0 Å². The molecule has 148 valence electrons. The van der Waals surface area contributed by atoms with Gasteiger partial charge in [-0.1, -0.05) is 36.4 Å². The maximum absolute atomic E-state index is 13.3. The molecule has 0 atom stereocenters. The standard InChI is InChI=1S/C23H17FN4O2/c1-30-20-9-5-3-7-18(20)21-25-26-23-27(14-15-10-12-16(24)13-11-15)22(29)17-6-2-4-8-19(17)28(21)23/h2-13H,14H2,1H3. The summed E-state index contributed by atoms with van der Waals surface area (Å²) in [6.07, 6.45) is 0. The van der Waals surface area contributed by atoms with Crippen molar-refractivity contribution in [3.63, 3.8) is 0 Å². The van der Waals surface area contributed by atoms with Crippen LogP contribution in [0.15, 0.2) is 77.6 Å². The number of fused-ring (bicyclic) bond motifs is 3. The second kappa shape index (κ2) is 7.11. The molecule has 0 bridgehead atoms. The zero-order valence-electron chi connectivity index (χ0n) is 16.1. The molecule has 0 radical (unpaired) electrons. The molecule has 0 spiro atoms. The fraction of sp³-hybridized carbons (Fsp3) is 0.0870. The molecular formula is C23H17FN4O2. The largest absolute Gasteiger partial charge is 0.496 e. The van der Waals surface area contributed by atoms with Gasteiger partial charge >= 0.3 is 0 Å². The van der Waals surface area contributed by atoms with Gasteiger partial charge in [0, 0.05) is 0 Å². The van der Waals surface area contributed by atoms with Crippen LogP contribution in [0.5, 0.6) is 5.75 Å². The Morgan fingerprint density at radius 1 is 0.933 bits per heavy atom. The molecule has 2 aromatic heterocycles. The van der Waals surface area contributed by atoms with E-state index in [1.165, 1.54) is 12.1 Å². The second-order valence-corrected chi connectivity index (χ2v) is 6.89. The summed E-state index contributed by atoms with van der Waals surface area (Å²) in [5.74, 6) is 1.32. The van der Waals surface area contributed by atoms with Gasteiger partial charge < -0.3 is 4.74 Å². The van der Waals surface area contributed by atoms with Crippen LogP contribution >= 0.6 is 0 Å². The average molecular weight is 400 g/mol. The summed E-state index contributed by atoms with van der Waals surface area (Å²) >= 11 is 0. The Kier molecular flexibility index (Phi) is 4.28. The topological polar surface area (TPSA) is 61.4 Å². The van der Waals surface area contributed by atoms with Crippen LogP contribution in [0.2, 0.25) is 0 Å². The third-order valence-corrected chi connectivity index (χ3v) is 5.11. The van der Waals surface area contributed by atoms with Crippen LogP contribution < -0.4 is 10.3 Å². The predicted octanol–water partition coefficient (Wildman–Crippen LogP) is 3.91. The van der Waals surface area contributed by atoms with Gasteiger partial charge in [-0.3, -0.25) is 13.8 Å². The number of hydrogen-bond donors (Lipinski definition) is 0. The van der Waals surface area contributed by atoms with Crippen molar-refractivity contribution in [2.45, 2.75) is 6.54 Å². The fourth-order valence-corrected chi connectivity index (χ4v) is 3.68. The lowest BCUT2D eigenvalue weighted by atomic mass is 10.1. The molecule has 7 heteroatoms. The first-order valence-corrected chi connectivity index (χ1v) is 9.42. The second-order valence-electron chi connectivity index (χ2n) is 6.89. The Labute approximate surface area is 170 Å². The number of para-hydroxylation sites is 2. The number of methoxy groups -OCH3 is 1. The highest BCUT2D eigenvalue weighted by Gasteiger charge is 2.19. The molecule has 2 heterocycles. The summed E-state index contributed by atoms with van der Waals surface area (Å²) in [5, 5.41) is 9.28. The van der Waals surface area contributed by atoms with E-state index in [1.54, 1.807) is 29.9 Å². The van der Waals surface area contributed by atoms with Gasteiger partial charge in [-0.25, -0.2) is 4.39 Å². The van der Waals surface area contributed by atoms with Gasteiger partial charge in [0.1, 0.15) is 11.6 Å². The summed E-state index contributed by atoms with van der Waals surface area (Å²) < 4.78 is 22.2. The Morgan fingerprint density at radius 2 is 1.67 bits per heavy atom. The Balaban J connectivity index is 1.83. The van der Waals surface area contributed by atoms with E-state index in [9.17, 15) is 9.18 Å². The number of hydrogen-bond acceptors (Lipinski definition) is 4. The minimum absolute atomic E-state index is 0.179. The minimum Gasteiger partial charge on any atom is -0.496 e. The quantitative estimate of drug-likeness (QED) is 0.459. The maximum Gasteiger partial charge on any atom is 0.263 e. The molecule has 0 fully saturated rings. The first-order chi connectivity index (χ1) is 14.7. The van der Waals surface area contributed by atoms with Crippen molar-refractivity contribution in [3.8, 4) is 17.1 Å². The molecular weight excluding hydrogens is 383 g/mol. The number of ether oxygens (including phenoxy) is 1. The minimum atomic E-state index is -0.323. The zero-order chi connectivity index (χ0) is 20.7. The van der Waals surface area contributed by atoms with Gasteiger partial charge in [0.05, 0.1) is 30.1 Å². The molecule has 3 aromatic carbocycles. The van der Waals surface area contributed by atoms with Crippen LogP contribution in [0.4, 0.5) is 4.39 Å². The number of nitrogens with zero attached hydrogens (tertiary/aromatic N) is 4. The Morgan fingerprint density at radius 3 is 2.47 bits per heavy atom. The first-order valence-electron chi connectivity index (χ1n) is 9.42. The highest BCUT2D eigenvalue weighted by molar-refractivity contribution is 5.83. The smallest absolute Gasteiger partial charge is 0.263 e. The molecule has 0 N–H and O–H groups in total. The molecule has 6 nitrogen and oxygen atoms in total. The van der Waals surface area contributed by atoms with Crippen molar-refractivity contribution in [3.05, 3.63) is 94.5 Å². The van der Waals surface area contributed by atoms with E-state index in [0.717, 1.165) is 11.1 Å². The fourth-order valence-electron chi connectivity index (χ4n) is 3.68. The van der Waals surface area contributed by atoms with Crippen molar-refractivity contribution in [1.29, 1.82) is 0 Å². The highest BCUT2D eigenvalue weighted by atomic mass is 19.1. The molecule has 0 aliphatic heterocycles. The number of aromatic nitrogens is 4. The Hall–Kier alpha value is -4.00. The molecule has 0 amide bonds. The molecule has 0 aliphatic carbocycles. The van der Waals surface area contributed by atoms with Gasteiger partial charge in [-0.2, -0.15) is 0 Å². The summed E-state index contributed by atoms with van der Waals surface area (Å²) in [6.45, 7) is 0.248. The van der Waals surface area contributed by atoms with Crippen molar-refractivity contribution >= 4 is 16.7 Å². The van der Waals surface area contributed by atoms with E-state index < -0.39 is 0 Å². The SMILES string of the molecule is COc1ccccc1-c1nnc2n(Cc3ccc(F)cc3)c(=O)c3ccccc3n12. The average Bonchev–Trinajstić information content (AvgIpc) is 3.23. The van der Waals surface area contributed by atoms with Crippen LogP contribution in [0.1, 0.15) is 5.56 Å². The number of benzene rings is 3. The van der Waals surface area contributed by atoms with Gasteiger partial charge in [0.2, 0.25) is 5.78 Å². The van der Waals surface area contributed by atoms with Crippen molar-refractivity contribution in [1.82, 2.24) is 19.2 Å². The van der Waals surface area contributed by atoms with E-state index in [1.807, 2.05) is 46.9 Å². The molecule has 0 saturated carbocycles. The lowest BCUT2D eigenvalue weighted by molar-refractivity contribution is 0.416. The van der Waals surface area contributed by atoms with Crippen LogP contribution in [0, 0.1) is 5.82 Å². The number of halogens is 1. The zero-order valence-corrected chi connectivity index (χ0v) is 16.1. The first kappa shape index (κ1) is 18.1. The monoisotopic (exact) mass is 400 g/mol. The normalized spacial score (nSPS) is 11.3. The van der Waals surface area contributed by atoms with Crippen molar-refractivity contribution < 1.29 is 9.13 Å². The summed E-state index contributed by atoms with van der Waals surface area (Å²) in [7, 11) is 1.60. The van der Waals surface area contributed by atoms with Crippen molar-refractivity contribution in [2.75, 3.05) is 7.11 Å². The van der Waals surface area contributed by atoms with Crippen LogP contribution in [-0.4, -0.2) is 26.3 Å². The van der Waals surface area contributed by atoms with E-state index in [-0.39, 0.29) is 17.9 Å². The summed E-state index contributed by atoms with van der Waals surface area (Å²) in [6, 6.07) is 21.0. The van der Waals surface area contributed by atoms with Gasteiger partial charge in [0.15, 0.2) is 5.82 Å². The van der Waals surface area contributed by atoms with Crippen LogP contribution in [-0.2, 0) is 6.54 Å². The van der Waals surface area contributed by atoms with E-state index in [4.69, 9.17) is 4.74 Å².